The fourth-order valence-electron chi connectivity index (χ4n) is 1.95. The molecule has 1 rings (SSSR count). The highest BCUT2D eigenvalue weighted by molar-refractivity contribution is 7.89. The third-order valence-corrected chi connectivity index (χ3v) is 4.29. The van der Waals surface area contributed by atoms with Crippen molar-refractivity contribution in [1.82, 2.24) is 4.72 Å². The van der Waals surface area contributed by atoms with Crippen molar-refractivity contribution in [2.24, 2.45) is 0 Å². The highest BCUT2D eigenvalue weighted by Gasteiger charge is 2.24. The number of nitrogens with one attached hydrogen (secondary N) is 1. The first-order valence-corrected chi connectivity index (χ1v) is 7.89. The molecule has 0 bridgehead atoms. The number of sulfonamides is 1. The average molecular weight is 301 g/mol. The highest BCUT2D eigenvalue weighted by Crippen LogP contribution is 2.28. The Hall–Kier alpha value is -1.31. The zero-order valence-electron chi connectivity index (χ0n) is 12.3. The maximum Gasteiger partial charge on any atom is 0.242 e. The van der Waals surface area contributed by atoms with Gasteiger partial charge in [-0.15, -0.1) is 0 Å². The molecule has 6 nitrogen and oxygen atoms in total. The number of aliphatic hydroxyl groups is 1. The SMILES string of the molecule is CCN(CC(C)(C)O)c1ccc(N)cc1S(=O)(=O)NC. The quantitative estimate of drug-likeness (QED) is 0.675. The number of hydrogen-bond acceptors (Lipinski definition) is 5. The van der Waals surface area contributed by atoms with Crippen molar-refractivity contribution < 1.29 is 13.5 Å². The Kier molecular flexibility index (Phi) is 5.01. The Morgan fingerprint density at radius 3 is 2.45 bits per heavy atom. The van der Waals surface area contributed by atoms with E-state index < -0.39 is 15.6 Å². The monoisotopic (exact) mass is 301 g/mol. The molecule has 0 radical (unpaired) electrons. The van der Waals surface area contributed by atoms with E-state index in [0.717, 1.165) is 0 Å². The smallest absolute Gasteiger partial charge is 0.242 e. The molecule has 0 spiro atoms. The third-order valence-electron chi connectivity index (χ3n) is 2.84. The zero-order valence-corrected chi connectivity index (χ0v) is 13.2. The summed E-state index contributed by atoms with van der Waals surface area (Å²) in [5, 5.41) is 9.95. The second kappa shape index (κ2) is 5.99. The first-order valence-electron chi connectivity index (χ1n) is 6.41. The third kappa shape index (κ3) is 4.09. The molecule has 0 atom stereocenters. The van der Waals surface area contributed by atoms with Crippen LogP contribution in [0.2, 0.25) is 0 Å². The van der Waals surface area contributed by atoms with E-state index in [-0.39, 0.29) is 4.90 Å². The van der Waals surface area contributed by atoms with Gasteiger partial charge in [-0.1, -0.05) is 0 Å². The van der Waals surface area contributed by atoms with E-state index in [1.807, 2.05) is 11.8 Å². The van der Waals surface area contributed by atoms with Crippen LogP contribution in [0, 0.1) is 0 Å². The minimum absolute atomic E-state index is 0.117. The highest BCUT2D eigenvalue weighted by atomic mass is 32.2. The predicted octanol–water partition coefficient (Wildman–Crippen LogP) is 0.774. The first kappa shape index (κ1) is 16.7. The fraction of sp³-hybridized carbons (Fsp3) is 0.538. The lowest BCUT2D eigenvalue weighted by Crippen LogP contribution is -2.39. The number of likely N-dealkylation sites (N-methyl/N-ethyl adjacent to an activating group) is 1. The molecular formula is C13H23N3O3S. The Morgan fingerprint density at radius 1 is 1.40 bits per heavy atom. The molecule has 1 aromatic rings. The van der Waals surface area contributed by atoms with Crippen molar-refractivity contribution in [2.45, 2.75) is 31.3 Å². The van der Waals surface area contributed by atoms with E-state index >= 15 is 0 Å². The summed E-state index contributed by atoms with van der Waals surface area (Å²) in [5.74, 6) is 0. The molecular weight excluding hydrogens is 278 g/mol. The van der Waals surface area contributed by atoms with Crippen LogP contribution >= 0.6 is 0 Å². The van der Waals surface area contributed by atoms with Crippen LogP contribution in [0.4, 0.5) is 11.4 Å². The molecule has 0 aromatic heterocycles. The lowest BCUT2D eigenvalue weighted by atomic mass is 10.1. The summed E-state index contributed by atoms with van der Waals surface area (Å²) in [6.45, 7) is 6.15. The van der Waals surface area contributed by atoms with Gasteiger partial charge in [0, 0.05) is 18.8 Å². The molecule has 7 heteroatoms. The molecule has 0 aliphatic heterocycles. The zero-order chi connectivity index (χ0) is 15.6. The molecule has 0 fully saturated rings. The van der Waals surface area contributed by atoms with Crippen molar-refractivity contribution in [2.75, 3.05) is 30.8 Å². The maximum atomic E-state index is 12.1. The van der Waals surface area contributed by atoms with E-state index in [0.29, 0.717) is 24.5 Å². The van der Waals surface area contributed by atoms with Crippen LogP contribution in [0.1, 0.15) is 20.8 Å². The van der Waals surface area contributed by atoms with Crippen molar-refractivity contribution in [3.63, 3.8) is 0 Å². The fourth-order valence-corrected chi connectivity index (χ4v) is 2.94. The van der Waals surface area contributed by atoms with Crippen molar-refractivity contribution in [1.29, 1.82) is 0 Å². The number of nitrogens with two attached hydrogens (primary N) is 1. The second-order valence-corrected chi connectivity index (χ2v) is 7.12. The van der Waals surface area contributed by atoms with Gasteiger partial charge in [0.15, 0.2) is 0 Å². The summed E-state index contributed by atoms with van der Waals surface area (Å²) in [7, 11) is -2.26. The minimum Gasteiger partial charge on any atom is -0.399 e. The Bertz CT molecular complexity index is 565. The van der Waals surface area contributed by atoms with E-state index in [1.165, 1.54) is 13.1 Å². The van der Waals surface area contributed by atoms with E-state index in [1.54, 1.807) is 26.0 Å². The van der Waals surface area contributed by atoms with Crippen LogP contribution in [-0.4, -0.2) is 39.3 Å². The molecule has 20 heavy (non-hydrogen) atoms. The number of benzene rings is 1. The van der Waals surface area contributed by atoms with Crippen LogP contribution in [-0.2, 0) is 10.0 Å². The topological polar surface area (TPSA) is 95.7 Å². The summed E-state index contributed by atoms with van der Waals surface area (Å²) in [4.78, 5) is 1.93. The number of nitrogens with zero attached hydrogens (tertiary/aromatic N) is 1. The molecule has 0 amide bonds. The summed E-state index contributed by atoms with van der Waals surface area (Å²) < 4.78 is 26.5. The van der Waals surface area contributed by atoms with Gasteiger partial charge in [-0.25, -0.2) is 13.1 Å². The predicted molar refractivity (Wildman–Crippen MR) is 81.3 cm³/mol. The van der Waals surface area contributed by atoms with Gasteiger partial charge in [0.05, 0.1) is 11.3 Å². The van der Waals surface area contributed by atoms with Gasteiger partial charge in [-0.2, -0.15) is 0 Å². The minimum atomic E-state index is -3.62. The molecule has 0 saturated carbocycles. The molecule has 4 N–H and O–H groups in total. The van der Waals surface area contributed by atoms with E-state index in [2.05, 4.69) is 4.72 Å². The molecule has 114 valence electrons. The van der Waals surface area contributed by atoms with Gasteiger partial charge in [0.1, 0.15) is 4.90 Å². The number of nitrogen functional groups attached to an aromatic ring is 1. The standard InChI is InChI=1S/C13H23N3O3S/c1-5-16(9-13(2,3)17)11-7-6-10(14)8-12(11)20(18,19)15-4/h6-8,15,17H,5,9,14H2,1-4H3. The first-order chi connectivity index (χ1) is 9.10. The Morgan fingerprint density at radius 2 is 2.00 bits per heavy atom. The van der Waals surface area contributed by atoms with Gasteiger partial charge in [0.25, 0.3) is 0 Å². The summed E-state index contributed by atoms with van der Waals surface area (Å²) >= 11 is 0. The maximum absolute atomic E-state index is 12.1. The van der Waals surface area contributed by atoms with Crippen molar-refractivity contribution in [3.05, 3.63) is 18.2 Å². The summed E-state index contributed by atoms with van der Waals surface area (Å²) in [6, 6.07) is 4.74. The Balaban J connectivity index is 3.36. The average Bonchev–Trinajstić information content (AvgIpc) is 2.35. The number of hydrogen-bond donors (Lipinski definition) is 3. The van der Waals surface area contributed by atoms with Crippen LogP contribution < -0.4 is 15.4 Å². The van der Waals surface area contributed by atoms with Gasteiger partial charge >= 0.3 is 0 Å². The summed E-state index contributed by atoms with van der Waals surface area (Å²) in [5.41, 5.74) is 5.66. The van der Waals surface area contributed by atoms with Crippen molar-refractivity contribution in [3.8, 4) is 0 Å². The molecule has 1 aromatic carbocycles. The van der Waals surface area contributed by atoms with Gasteiger partial charge < -0.3 is 15.7 Å². The second-order valence-electron chi connectivity index (χ2n) is 5.26. The molecule has 0 unspecified atom stereocenters. The van der Waals surface area contributed by atoms with Gasteiger partial charge in [0.2, 0.25) is 10.0 Å². The lowest BCUT2D eigenvalue weighted by molar-refractivity contribution is 0.0875. The van der Waals surface area contributed by atoms with Crippen LogP contribution in [0.3, 0.4) is 0 Å². The van der Waals surface area contributed by atoms with Crippen LogP contribution in [0.25, 0.3) is 0 Å². The molecule has 0 aliphatic rings. The van der Waals surface area contributed by atoms with Gasteiger partial charge in [-0.3, -0.25) is 0 Å². The molecule has 0 aliphatic carbocycles. The number of anilines is 2. The normalized spacial score (nSPS) is 12.4. The molecule has 0 heterocycles. The van der Waals surface area contributed by atoms with E-state index in [9.17, 15) is 13.5 Å². The largest absolute Gasteiger partial charge is 0.399 e. The lowest BCUT2D eigenvalue weighted by Gasteiger charge is -2.31. The van der Waals surface area contributed by atoms with Crippen LogP contribution in [0.15, 0.2) is 23.1 Å². The summed E-state index contributed by atoms with van der Waals surface area (Å²) in [6.07, 6.45) is 0. The number of rotatable bonds is 6. The molecule has 0 saturated heterocycles. The van der Waals surface area contributed by atoms with E-state index in [4.69, 9.17) is 5.73 Å². The van der Waals surface area contributed by atoms with Crippen molar-refractivity contribution >= 4 is 21.4 Å². The van der Waals surface area contributed by atoms with Gasteiger partial charge in [-0.05, 0) is 46.0 Å². The van der Waals surface area contributed by atoms with Crippen LogP contribution in [0.5, 0.6) is 0 Å². The Labute approximate surface area is 120 Å².